The van der Waals surface area contributed by atoms with E-state index in [1.54, 1.807) is 18.2 Å². The van der Waals surface area contributed by atoms with Gasteiger partial charge in [-0.1, -0.05) is 18.5 Å². The molecule has 3 nitrogen and oxygen atoms in total. The number of nitrogens with zero attached hydrogens (tertiary/aromatic N) is 1. The summed E-state index contributed by atoms with van der Waals surface area (Å²) in [5.41, 5.74) is 1.22. The van der Waals surface area contributed by atoms with Crippen molar-refractivity contribution in [3.63, 3.8) is 0 Å². The first kappa shape index (κ1) is 11.4. The molecule has 0 spiro atoms. The molecule has 0 aliphatic heterocycles. The van der Waals surface area contributed by atoms with Gasteiger partial charge in [-0.2, -0.15) is 0 Å². The molecule has 0 bridgehead atoms. The third kappa shape index (κ3) is 1.90. The van der Waals surface area contributed by atoms with Crippen LogP contribution in [0.15, 0.2) is 22.6 Å². The van der Waals surface area contributed by atoms with Gasteiger partial charge in [0, 0.05) is 17.5 Å². The first-order valence-corrected chi connectivity index (χ1v) is 5.76. The lowest BCUT2D eigenvalue weighted by Gasteiger charge is -1.99. The Balaban J connectivity index is 2.65. The maximum Gasteiger partial charge on any atom is 0.276 e. The molecule has 0 atom stereocenters. The normalized spacial score (nSPS) is 10.9. The van der Waals surface area contributed by atoms with Gasteiger partial charge in [0.2, 0.25) is 5.91 Å². The number of carbonyl (C=O) groups is 1. The van der Waals surface area contributed by atoms with Crippen LogP contribution in [0.1, 0.15) is 24.6 Å². The maximum atomic E-state index is 11.8. The van der Waals surface area contributed by atoms with Crippen molar-refractivity contribution in [1.29, 1.82) is 0 Å². The molecule has 0 fully saturated rings. The summed E-state index contributed by atoms with van der Waals surface area (Å²) in [5.74, 6) is -0.0476. The van der Waals surface area contributed by atoms with Crippen molar-refractivity contribution >= 4 is 40.8 Å². The van der Waals surface area contributed by atoms with E-state index in [0.29, 0.717) is 22.5 Å². The van der Waals surface area contributed by atoms with E-state index in [-0.39, 0.29) is 10.7 Å². The van der Waals surface area contributed by atoms with Crippen LogP contribution in [-0.4, -0.2) is 10.5 Å². The summed E-state index contributed by atoms with van der Waals surface area (Å²) >= 11 is 10.9. The largest absolute Gasteiger partial charge is 0.429 e. The monoisotopic (exact) mass is 255 g/mol. The van der Waals surface area contributed by atoms with E-state index in [1.807, 2.05) is 6.92 Å². The van der Waals surface area contributed by atoms with Crippen LogP contribution in [0.3, 0.4) is 0 Å². The van der Waals surface area contributed by atoms with Gasteiger partial charge in [-0.25, -0.2) is 4.57 Å². The topological polar surface area (TPSA) is 35.1 Å². The summed E-state index contributed by atoms with van der Waals surface area (Å²) in [6, 6.07) is 5.11. The fraction of sp³-hybridized carbons (Fsp3) is 0.273. The van der Waals surface area contributed by atoms with Crippen molar-refractivity contribution < 1.29 is 9.21 Å². The molecule has 1 heterocycles. The van der Waals surface area contributed by atoms with Crippen LogP contribution < -0.4 is 0 Å². The second-order valence-corrected chi connectivity index (χ2v) is 4.24. The molecule has 1 aromatic carbocycles. The Morgan fingerprint density at radius 3 is 3.00 bits per heavy atom. The van der Waals surface area contributed by atoms with Gasteiger partial charge in [-0.05, 0) is 30.8 Å². The number of halogens is 1. The van der Waals surface area contributed by atoms with E-state index >= 15 is 0 Å². The van der Waals surface area contributed by atoms with Gasteiger partial charge in [0.05, 0.1) is 5.52 Å². The number of fused-ring (bicyclic) bond motifs is 1. The highest BCUT2D eigenvalue weighted by molar-refractivity contribution is 7.71. The first-order valence-electron chi connectivity index (χ1n) is 4.97. The average molecular weight is 256 g/mol. The Hall–Kier alpha value is -1.13. The minimum atomic E-state index is -0.0476. The number of rotatable bonds is 2. The molecule has 16 heavy (non-hydrogen) atoms. The summed E-state index contributed by atoms with van der Waals surface area (Å²) in [7, 11) is 0. The zero-order valence-corrected chi connectivity index (χ0v) is 10.3. The van der Waals surface area contributed by atoms with Crippen LogP contribution >= 0.6 is 23.8 Å². The summed E-state index contributed by atoms with van der Waals surface area (Å²) in [6.45, 7) is 1.95. The van der Waals surface area contributed by atoms with Gasteiger partial charge in [0.25, 0.3) is 4.84 Å². The zero-order chi connectivity index (χ0) is 11.7. The number of aromatic nitrogens is 1. The molecule has 0 saturated heterocycles. The Morgan fingerprint density at radius 1 is 1.56 bits per heavy atom. The summed E-state index contributed by atoms with van der Waals surface area (Å²) in [6.07, 6.45) is 1.23. The van der Waals surface area contributed by atoms with Gasteiger partial charge >= 0.3 is 0 Å². The third-order valence-corrected chi connectivity index (χ3v) is 2.76. The molecule has 2 rings (SSSR count). The molecule has 2 aromatic rings. The Morgan fingerprint density at radius 2 is 2.31 bits per heavy atom. The molecule has 84 valence electrons. The summed E-state index contributed by atoms with van der Waals surface area (Å²) < 4.78 is 6.74. The lowest BCUT2D eigenvalue weighted by atomic mass is 10.3. The zero-order valence-electron chi connectivity index (χ0n) is 8.70. The molecule has 5 heteroatoms. The SMILES string of the molecule is CCCC(=O)n1c(=S)oc2cc(Cl)ccc21. The van der Waals surface area contributed by atoms with Crippen LogP contribution in [0.2, 0.25) is 5.02 Å². The van der Waals surface area contributed by atoms with E-state index in [9.17, 15) is 4.79 Å². The minimum Gasteiger partial charge on any atom is -0.429 e. The van der Waals surface area contributed by atoms with E-state index in [4.69, 9.17) is 28.2 Å². The fourth-order valence-corrected chi connectivity index (χ4v) is 2.01. The molecule has 0 N–H and O–H groups in total. The number of benzene rings is 1. The van der Waals surface area contributed by atoms with Crippen molar-refractivity contribution in [2.75, 3.05) is 0 Å². The number of carbonyl (C=O) groups excluding carboxylic acids is 1. The highest BCUT2D eigenvalue weighted by Crippen LogP contribution is 2.22. The van der Waals surface area contributed by atoms with Gasteiger partial charge < -0.3 is 4.42 Å². The first-order chi connectivity index (χ1) is 7.63. The van der Waals surface area contributed by atoms with Crippen molar-refractivity contribution in [3.05, 3.63) is 28.1 Å². The Bertz CT molecular complexity index is 600. The van der Waals surface area contributed by atoms with E-state index in [2.05, 4.69) is 0 Å². The average Bonchev–Trinajstić information content (AvgIpc) is 2.53. The van der Waals surface area contributed by atoms with Gasteiger partial charge in [-0.15, -0.1) is 0 Å². The number of hydrogen-bond donors (Lipinski definition) is 0. The summed E-state index contributed by atoms with van der Waals surface area (Å²) in [5, 5.41) is 0.561. The molecule has 0 radical (unpaired) electrons. The van der Waals surface area contributed by atoms with Crippen LogP contribution in [0, 0.1) is 4.84 Å². The quantitative estimate of drug-likeness (QED) is 0.759. The molecule has 0 aliphatic rings. The molecule has 0 saturated carbocycles. The van der Waals surface area contributed by atoms with Crippen molar-refractivity contribution in [2.45, 2.75) is 19.8 Å². The Kier molecular flexibility index (Phi) is 3.12. The highest BCUT2D eigenvalue weighted by atomic mass is 35.5. The van der Waals surface area contributed by atoms with Crippen molar-refractivity contribution in [2.24, 2.45) is 0 Å². The lowest BCUT2D eigenvalue weighted by molar-refractivity contribution is 0.0901. The number of oxazole rings is 1. The predicted molar refractivity (Wildman–Crippen MR) is 65.6 cm³/mol. The van der Waals surface area contributed by atoms with Crippen molar-refractivity contribution in [3.8, 4) is 0 Å². The molecular weight excluding hydrogens is 246 g/mol. The van der Waals surface area contributed by atoms with Crippen LogP contribution in [0.4, 0.5) is 0 Å². The minimum absolute atomic E-state index is 0.0476. The summed E-state index contributed by atoms with van der Waals surface area (Å²) in [4.78, 5) is 12.0. The van der Waals surface area contributed by atoms with Gasteiger partial charge in [0.15, 0.2) is 5.58 Å². The standard InChI is InChI=1S/C11H10ClNO2S/c1-2-3-10(14)13-8-5-4-7(12)6-9(8)15-11(13)16/h4-6H,2-3H2,1H3. The predicted octanol–water partition coefficient (Wildman–Crippen LogP) is 4.06. The van der Waals surface area contributed by atoms with Crippen LogP contribution in [0.5, 0.6) is 0 Å². The Labute approximate surface area is 103 Å². The molecular formula is C11H10ClNO2S. The van der Waals surface area contributed by atoms with Crippen molar-refractivity contribution in [1.82, 2.24) is 4.57 Å². The van der Waals surface area contributed by atoms with Crippen LogP contribution in [-0.2, 0) is 0 Å². The molecule has 1 aromatic heterocycles. The highest BCUT2D eigenvalue weighted by Gasteiger charge is 2.12. The molecule has 0 unspecified atom stereocenters. The van der Waals surface area contributed by atoms with Crippen LogP contribution in [0.25, 0.3) is 11.1 Å². The van der Waals surface area contributed by atoms with E-state index in [0.717, 1.165) is 6.42 Å². The fourth-order valence-electron chi connectivity index (χ4n) is 1.55. The van der Waals surface area contributed by atoms with Gasteiger partial charge in [-0.3, -0.25) is 4.79 Å². The second-order valence-electron chi connectivity index (χ2n) is 3.46. The molecule has 0 aliphatic carbocycles. The van der Waals surface area contributed by atoms with E-state index in [1.165, 1.54) is 4.57 Å². The number of hydrogen-bond acceptors (Lipinski definition) is 3. The maximum absolute atomic E-state index is 11.8. The smallest absolute Gasteiger partial charge is 0.276 e. The lowest BCUT2D eigenvalue weighted by Crippen LogP contribution is -2.09. The second kappa shape index (κ2) is 4.39. The molecule has 0 amide bonds. The van der Waals surface area contributed by atoms with Gasteiger partial charge in [0.1, 0.15) is 0 Å². The third-order valence-electron chi connectivity index (χ3n) is 2.26. The van der Waals surface area contributed by atoms with E-state index < -0.39 is 0 Å².